The number of hydrogen-bond acceptors (Lipinski definition) is 3. The second kappa shape index (κ2) is 6.35. The molecule has 0 radical (unpaired) electrons. The van der Waals surface area contributed by atoms with Gasteiger partial charge in [0.15, 0.2) is 0 Å². The maximum absolute atomic E-state index is 12.3. The van der Waals surface area contributed by atoms with Crippen LogP contribution in [0.1, 0.15) is 38.5 Å². The fraction of sp³-hybridized carbons (Fsp3) is 1.00. The van der Waals surface area contributed by atoms with Gasteiger partial charge in [0, 0.05) is 13.1 Å². The predicted molar refractivity (Wildman–Crippen MR) is 74.0 cm³/mol. The van der Waals surface area contributed by atoms with Gasteiger partial charge in [0.2, 0.25) is 10.0 Å². The smallest absolute Gasteiger partial charge is 0.214 e. The molecule has 4 nitrogen and oxygen atoms in total. The standard InChI is InChI=1S/C13H26N2O2S/c1-14-7-2-3-8-18(16,17)15-10-12-5-4-6-13(9-12)11-15/h12-14H,2-11H2,1H3. The summed E-state index contributed by atoms with van der Waals surface area (Å²) in [6.07, 6.45) is 6.72. The molecule has 106 valence electrons. The maximum Gasteiger partial charge on any atom is 0.214 e. The van der Waals surface area contributed by atoms with E-state index in [1.54, 1.807) is 4.31 Å². The van der Waals surface area contributed by atoms with Crippen molar-refractivity contribution in [2.24, 2.45) is 11.8 Å². The van der Waals surface area contributed by atoms with Crippen molar-refractivity contribution < 1.29 is 8.42 Å². The Morgan fingerprint density at radius 1 is 1.17 bits per heavy atom. The summed E-state index contributed by atoms with van der Waals surface area (Å²) in [7, 11) is -1.10. The molecule has 0 aromatic rings. The SMILES string of the molecule is CNCCCCS(=O)(=O)N1CC2CCCC(C2)C1. The molecule has 1 aliphatic heterocycles. The Labute approximate surface area is 111 Å². The number of piperidine rings is 1. The van der Waals surface area contributed by atoms with E-state index in [1.807, 2.05) is 7.05 Å². The summed E-state index contributed by atoms with van der Waals surface area (Å²) in [5.41, 5.74) is 0. The molecular formula is C13H26N2O2S. The van der Waals surface area contributed by atoms with Crippen LogP contribution in [0.25, 0.3) is 0 Å². The average Bonchev–Trinajstić information content (AvgIpc) is 2.34. The predicted octanol–water partition coefficient (Wildman–Crippen LogP) is 1.44. The van der Waals surface area contributed by atoms with Crippen LogP contribution in [0.2, 0.25) is 0 Å². The summed E-state index contributed by atoms with van der Waals surface area (Å²) in [5.74, 6) is 1.59. The van der Waals surface area contributed by atoms with Crippen molar-refractivity contribution in [1.29, 1.82) is 0 Å². The highest BCUT2D eigenvalue weighted by molar-refractivity contribution is 7.89. The molecular weight excluding hydrogens is 248 g/mol. The van der Waals surface area contributed by atoms with Gasteiger partial charge in [-0.3, -0.25) is 0 Å². The van der Waals surface area contributed by atoms with E-state index in [-0.39, 0.29) is 0 Å². The first-order valence-corrected chi connectivity index (χ1v) is 8.85. The highest BCUT2D eigenvalue weighted by atomic mass is 32.2. The summed E-state index contributed by atoms with van der Waals surface area (Å²) < 4.78 is 26.4. The van der Waals surface area contributed by atoms with Gasteiger partial charge in [-0.05, 0) is 57.5 Å². The molecule has 0 amide bonds. The molecule has 0 spiro atoms. The molecule has 0 aromatic carbocycles. The Kier molecular flexibility index (Phi) is 5.04. The molecule has 2 fully saturated rings. The summed E-state index contributed by atoms with van der Waals surface area (Å²) in [6.45, 7) is 2.47. The van der Waals surface area contributed by atoms with Crippen LogP contribution in [0.5, 0.6) is 0 Å². The number of nitrogens with zero attached hydrogens (tertiary/aromatic N) is 1. The topological polar surface area (TPSA) is 49.4 Å². The monoisotopic (exact) mass is 274 g/mol. The van der Waals surface area contributed by atoms with Crippen LogP contribution in [0.3, 0.4) is 0 Å². The van der Waals surface area contributed by atoms with Gasteiger partial charge in [0.1, 0.15) is 0 Å². The molecule has 1 saturated heterocycles. The number of hydrogen-bond donors (Lipinski definition) is 1. The number of sulfonamides is 1. The lowest BCUT2D eigenvalue weighted by molar-refractivity contribution is 0.144. The van der Waals surface area contributed by atoms with Gasteiger partial charge in [-0.1, -0.05) is 6.42 Å². The van der Waals surface area contributed by atoms with Gasteiger partial charge < -0.3 is 5.32 Å². The van der Waals surface area contributed by atoms with Gasteiger partial charge in [-0.25, -0.2) is 12.7 Å². The largest absolute Gasteiger partial charge is 0.320 e. The van der Waals surface area contributed by atoms with Crippen molar-refractivity contribution in [2.45, 2.75) is 38.5 Å². The van der Waals surface area contributed by atoms with Crippen molar-refractivity contribution in [2.75, 3.05) is 32.4 Å². The van der Waals surface area contributed by atoms with Crippen molar-refractivity contribution in [3.8, 4) is 0 Å². The van der Waals surface area contributed by atoms with Crippen molar-refractivity contribution in [1.82, 2.24) is 9.62 Å². The molecule has 2 bridgehead atoms. The van der Waals surface area contributed by atoms with E-state index in [9.17, 15) is 8.42 Å². The zero-order chi connectivity index (χ0) is 13.0. The third kappa shape index (κ3) is 3.68. The summed E-state index contributed by atoms with van der Waals surface area (Å²) >= 11 is 0. The molecule has 1 N–H and O–H groups in total. The average molecular weight is 274 g/mol. The van der Waals surface area contributed by atoms with E-state index in [0.29, 0.717) is 17.6 Å². The minimum Gasteiger partial charge on any atom is -0.320 e. The van der Waals surface area contributed by atoms with Crippen LogP contribution in [0, 0.1) is 11.8 Å². The maximum atomic E-state index is 12.3. The molecule has 1 heterocycles. The number of nitrogens with one attached hydrogen (secondary N) is 1. The second-order valence-corrected chi connectivity index (χ2v) is 7.93. The fourth-order valence-electron chi connectivity index (χ4n) is 3.33. The number of fused-ring (bicyclic) bond motifs is 2. The van der Waals surface area contributed by atoms with E-state index >= 15 is 0 Å². The Hall–Kier alpha value is -0.130. The second-order valence-electron chi connectivity index (χ2n) is 5.84. The first-order chi connectivity index (χ1) is 8.62. The summed E-state index contributed by atoms with van der Waals surface area (Å²) in [5, 5.41) is 3.06. The van der Waals surface area contributed by atoms with E-state index in [0.717, 1.165) is 32.5 Å². The third-order valence-corrected chi connectivity index (χ3v) is 6.18. The third-order valence-electron chi connectivity index (χ3n) is 4.29. The van der Waals surface area contributed by atoms with Crippen LogP contribution < -0.4 is 5.32 Å². The Morgan fingerprint density at radius 2 is 1.83 bits per heavy atom. The van der Waals surface area contributed by atoms with Crippen molar-refractivity contribution >= 4 is 10.0 Å². The Morgan fingerprint density at radius 3 is 2.44 bits per heavy atom. The molecule has 2 aliphatic rings. The van der Waals surface area contributed by atoms with Gasteiger partial charge >= 0.3 is 0 Å². The van der Waals surface area contributed by atoms with Gasteiger partial charge in [-0.2, -0.15) is 0 Å². The molecule has 0 aromatic heterocycles. The zero-order valence-corrected chi connectivity index (χ0v) is 12.2. The summed E-state index contributed by atoms with van der Waals surface area (Å²) in [4.78, 5) is 0. The number of rotatable bonds is 6. The van der Waals surface area contributed by atoms with Gasteiger partial charge in [0.25, 0.3) is 0 Å². The fourth-order valence-corrected chi connectivity index (χ4v) is 5.03. The van der Waals surface area contributed by atoms with Gasteiger partial charge in [0.05, 0.1) is 5.75 Å². The zero-order valence-electron chi connectivity index (χ0n) is 11.4. The van der Waals surface area contributed by atoms with E-state index < -0.39 is 10.0 Å². The van der Waals surface area contributed by atoms with E-state index in [4.69, 9.17) is 0 Å². The van der Waals surface area contributed by atoms with Crippen LogP contribution in [0.4, 0.5) is 0 Å². The van der Waals surface area contributed by atoms with Crippen molar-refractivity contribution in [3.63, 3.8) is 0 Å². The molecule has 18 heavy (non-hydrogen) atoms. The number of unbranched alkanes of at least 4 members (excludes halogenated alkanes) is 1. The van der Waals surface area contributed by atoms with Crippen LogP contribution >= 0.6 is 0 Å². The summed E-state index contributed by atoms with van der Waals surface area (Å²) in [6, 6.07) is 0. The molecule has 2 atom stereocenters. The van der Waals surface area contributed by atoms with Gasteiger partial charge in [-0.15, -0.1) is 0 Å². The van der Waals surface area contributed by atoms with Crippen LogP contribution in [0.15, 0.2) is 0 Å². The molecule has 2 rings (SSSR count). The lowest BCUT2D eigenvalue weighted by Gasteiger charge is -2.40. The molecule has 2 unspecified atom stereocenters. The first kappa shape index (κ1) is 14.3. The van der Waals surface area contributed by atoms with Crippen LogP contribution in [-0.4, -0.2) is 45.2 Å². The Bertz CT molecular complexity index is 344. The first-order valence-electron chi connectivity index (χ1n) is 7.24. The minimum atomic E-state index is -3.00. The molecule has 1 saturated carbocycles. The Balaban J connectivity index is 1.85. The highest BCUT2D eigenvalue weighted by Gasteiger charge is 2.35. The lowest BCUT2D eigenvalue weighted by Crippen LogP contribution is -2.46. The molecule has 5 heteroatoms. The highest BCUT2D eigenvalue weighted by Crippen LogP contribution is 2.35. The van der Waals surface area contributed by atoms with E-state index in [1.165, 1.54) is 25.7 Å². The van der Waals surface area contributed by atoms with Crippen LogP contribution in [-0.2, 0) is 10.0 Å². The minimum absolute atomic E-state index is 0.327. The molecule has 1 aliphatic carbocycles. The lowest BCUT2D eigenvalue weighted by atomic mass is 9.79. The quantitative estimate of drug-likeness (QED) is 0.746. The van der Waals surface area contributed by atoms with E-state index in [2.05, 4.69) is 5.32 Å². The normalized spacial score (nSPS) is 29.4. The van der Waals surface area contributed by atoms with Crippen molar-refractivity contribution in [3.05, 3.63) is 0 Å².